The zero-order chi connectivity index (χ0) is 21.8. The summed E-state index contributed by atoms with van der Waals surface area (Å²) in [5.41, 5.74) is 1.28. The van der Waals surface area contributed by atoms with Crippen LogP contribution >= 0.6 is 0 Å². The number of rotatable bonds is 0. The van der Waals surface area contributed by atoms with Crippen LogP contribution in [0.3, 0.4) is 0 Å². The number of ether oxygens (including phenoxy) is 2. The maximum absolute atomic E-state index is 12.1. The van der Waals surface area contributed by atoms with E-state index in [2.05, 4.69) is 26.8 Å². The van der Waals surface area contributed by atoms with E-state index in [0.717, 1.165) is 50.4 Å². The Morgan fingerprint density at radius 3 is 2.65 bits per heavy atom. The molecule has 0 radical (unpaired) electrons. The van der Waals surface area contributed by atoms with Gasteiger partial charge in [-0.2, -0.15) is 0 Å². The predicted octanol–water partition coefficient (Wildman–Crippen LogP) is 5.04. The number of fused-ring (bicyclic) bond motifs is 7. The van der Waals surface area contributed by atoms with Crippen LogP contribution in [0.4, 0.5) is 0 Å². The molecule has 2 saturated heterocycles. The molecule has 10 atom stereocenters. The quantitative estimate of drug-likeness (QED) is 0.550. The number of Topliss-reactive ketones (excluding diaryl/α,β-unsaturated/α-hetero) is 1. The van der Waals surface area contributed by atoms with Crippen molar-refractivity contribution in [2.75, 3.05) is 6.61 Å². The van der Waals surface area contributed by atoms with E-state index in [-0.39, 0.29) is 11.5 Å². The van der Waals surface area contributed by atoms with Gasteiger partial charge >= 0.3 is 0 Å². The SMILES string of the molecule is CC1C2C(CC3C4CC=C5CC(=O)CCC5(C)C4CCC32C)OC12CCC(C)(O)CO2. The summed E-state index contributed by atoms with van der Waals surface area (Å²) in [4.78, 5) is 12.1. The van der Waals surface area contributed by atoms with E-state index in [1.165, 1.54) is 18.4 Å². The van der Waals surface area contributed by atoms with Crippen molar-refractivity contribution in [1.29, 1.82) is 0 Å². The average molecular weight is 429 g/mol. The molecule has 2 heterocycles. The van der Waals surface area contributed by atoms with Gasteiger partial charge in [0, 0.05) is 25.2 Å². The molecular formula is C27H40O4. The molecule has 0 aromatic rings. The molecule has 10 unspecified atom stereocenters. The first-order valence-corrected chi connectivity index (χ1v) is 12.8. The molecule has 2 aliphatic heterocycles. The third-order valence-corrected chi connectivity index (χ3v) is 11.2. The molecule has 1 N–H and O–H groups in total. The molecule has 4 heteroatoms. The summed E-state index contributed by atoms with van der Waals surface area (Å²) in [6.45, 7) is 9.64. The molecule has 0 bridgehead atoms. The van der Waals surface area contributed by atoms with Gasteiger partial charge in [-0.05, 0) is 80.0 Å². The van der Waals surface area contributed by atoms with Crippen molar-refractivity contribution < 1.29 is 19.4 Å². The normalized spacial score (nSPS) is 58.4. The molecule has 31 heavy (non-hydrogen) atoms. The second-order valence-electron chi connectivity index (χ2n) is 12.8. The number of allylic oxidation sites excluding steroid dienone is 2. The highest BCUT2D eigenvalue weighted by Gasteiger charge is 2.69. The molecule has 3 saturated carbocycles. The van der Waals surface area contributed by atoms with Gasteiger partial charge in [0.2, 0.25) is 0 Å². The zero-order valence-electron chi connectivity index (χ0n) is 19.8. The van der Waals surface area contributed by atoms with Crippen LogP contribution in [0, 0.1) is 40.4 Å². The van der Waals surface area contributed by atoms with Crippen LogP contribution in [-0.4, -0.2) is 35.0 Å². The lowest BCUT2D eigenvalue weighted by atomic mass is 9.47. The molecule has 6 aliphatic rings. The fourth-order valence-corrected chi connectivity index (χ4v) is 9.47. The Labute approximate surface area is 187 Å². The van der Waals surface area contributed by atoms with Gasteiger partial charge in [0.15, 0.2) is 5.79 Å². The standard InChI is InChI=1S/C27H40O4/c1-16-23-22(31-27(16)12-11-24(2,29)15-30-27)14-21-19-6-5-17-13-18(28)7-9-25(17,3)20(19)8-10-26(21,23)4/h5,16,19-23,29H,6-15H2,1-4H3. The van der Waals surface area contributed by atoms with Crippen molar-refractivity contribution in [3.05, 3.63) is 11.6 Å². The second-order valence-corrected chi connectivity index (χ2v) is 12.8. The molecule has 0 amide bonds. The van der Waals surface area contributed by atoms with Crippen molar-refractivity contribution in [2.24, 2.45) is 40.4 Å². The summed E-state index contributed by atoms with van der Waals surface area (Å²) in [5, 5.41) is 10.4. The van der Waals surface area contributed by atoms with E-state index < -0.39 is 11.4 Å². The molecule has 5 fully saturated rings. The van der Waals surface area contributed by atoms with E-state index in [9.17, 15) is 9.90 Å². The smallest absolute Gasteiger partial charge is 0.171 e. The third-order valence-electron chi connectivity index (χ3n) is 11.2. The van der Waals surface area contributed by atoms with Gasteiger partial charge < -0.3 is 14.6 Å². The van der Waals surface area contributed by atoms with Gasteiger partial charge in [-0.15, -0.1) is 0 Å². The molecule has 4 aliphatic carbocycles. The van der Waals surface area contributed by atoms with Gasteiger partial charge in [-0.25, -0.2) is 0 Å². The highest BCUT2D eigenvalue weighted by atomic mass is 16.7. The second kappa shape index (κ2) is 6.45. The van der Waals surface area contributed by atoms with Crippen LogP contribution in [0.1, 0.15) is 85.5 Å². The first kappa shape index (κ1) is 20.9. The number of aliphatic hydroxyl groups is 1. The number of carbonyl (C=O) groups excluding carboxylic acids is 1. The first-order valence-electron chi connectivity index (χ1n) is 12.8. The summed E-state index contributed by atoms with van der Waals surface area (Å²) >= 11 is 0. The Morgan fingerprint density at radius 2 is 1.90 bits per heavy atom. The Balaban J connectivity index is 1.28. The van der Waals surface area contributed by atoms with Crippen LogP contribution in [0.25, 0.3) is 0 Å². The average Bonchev–Trinajstić information content (AvgIpc) is 3.16. The van der Waals surface area contributed by atoms with E-state index in [0.29, 0.717) is 42.0 Å². The van der Waals surface area contributed by atoms with E-state index >= 15 is 0 Å². The minimum absolute atomic E-state index is 0.238. The van der Waals surface area contributed by atoms with Gasteiger partial charge in [0.1, 0.15) is 5.78 Å². The van der Waals surface area contributed by atoms with Crippen LogP contribution in [-0.2, 0) is 14.3 Å². The summed E-state index contributed by atoms with van der Waals surface area (Å²) in [6.07, 6.45) is 11.7. The summed E-state index contributed by atoms with van der Waals surface area (Å²) in [5.74, 6) is 3.04. The first-order chi connectivity index (χ1) is 14.6. The summed E-state index contributed by atoms with van der Waals surface area (Å²) in [7, 11) is 0. The maximum Gasteiger partial charge on any atom is 0.171 e. The van der Waals surface area contributed by atoms with Crippen molar-refractivity contribution >= 4 is 5.78 Å². The van der Waals surface area contributed by atoms with Gasteiger partial charge in [-0.3, -0.25) is 4.79 Å². The highest BCUT2D eigenvalue weighted by Crippen LogP contribution is 2.70. The molecule has 6 rings (SSSR count). The van der Waals surface area contributed by atoms with Crippen LogP contribution in [0.5, 0.6) is 0 Å². The third kappa shape index (κ3) is 2.74. The van der Waals surface area contributed by atoms with Crippen LogP contribution in [0.2, 0.25) is 0 Å². The molecule has 1 spiro atoms. The fraction of sp³-hybridized carbons (Fsp3) is 0.889. The molecule has 0 aromatic carbocycles. The minimum atomic E-state index is -0.723. The van der Waals surface area contributed by atoms with Crippen molar-refractivity contribution in [3.8, 4) is 0 Å². The van der Waals surface area contributed by atoms with E-state index in [4.69, 9.17) is 9.47 Å². The Morgan fingerprint density at radius 1 is 1.10 bits per heavy atom. The van der Waals surface area contributed by atoms with Crippen LogP contribution in [0.15, 0.2) is 11.6 Å². The number of hydrogen-bond acceptors (Lipinski definition) is 4. The largest absolute Gasteiger partial charge is 0.388 e. The van der Waals surface area contributed by atoms with Gasteiger partial charge in [0.05, 0.1) is 18.3 Å². The molecule has 172 valence electrons. The van der Waals surface area contributed by atoms with Crippen molar-refractivity contribution in [3.63, 3.8) is 0 Å². The number of ketones is 1. The van der Waals surface area contributed by atoms with Crippen molar-refractivity contribution in [2.45, 2.75) is 103 Å². The Hall–Kier alpha value is -0.710. The van der Waals surface area contributed by atoms with Gasteiger partial charge in [0.25, 0.3) is 0 Å². The molecule has 0 aromatic heterocycles. The Bertz CT molecular complexity index is 819. The predicted molar refractivity (Wildman–Crippen MR) is 118 cm³/mol. The lowest BCUT2D eigenvalue weighted by molar-refractivity contribution is -0.293. The van der Waals surface area contributed by atoms with Crippen molar-refractivity contribution in [1.82, 2.24) is 0 Å². The Kier molecular flexibility index (Phi) is 4.34. The lowest BCUT2D eigenvalue weighted by Crippen LogP contribution is -2.53. The summed E-state index contributed by atoms with van der Waals surface area (Å²) in [6, 6.07) is 0. The summed E-state index contributed by atoms with van der Waals surface area (Å²) < 4.78 is 13.1. The number of carbonyl (C=O) groups is 1. The van der Waals surface area contributed by atoms with Crippen LogP contribution < -0.4 is 0 Å². The highest BCUT2D eigenvalue weighted by molar-refractivity contribution is 5.82. The monoisotopic (exact) mass is 428 g/mol. The fourth-order valence-electron chi connectivity index (χ4n) is 9.47. The maximum atomic E-state index is 12.1. The topological polar surface area (TPSA) is 55.8 Å². The van der Waals surface area contributed by atoms with E-state index in [1.807, 2.05) is 6.92 Å². The van der Waals surface area contributed by atoms with Gasteiger partial charge in [-0.1, -0.05) is 32.4 Å². The lowest BCUT2D eigenvalue weighted by Gasteiger charge is -2.58. The number of hydrogen-bond donors (Lipinski definition) is 1. The van der Waals surface area contributed by atoms with E-state index in [1.54, 1.807) is 0 Å². The zero-order valence-corrected chi connectivity index (χ0v) is 19.8. The minimum Gasteiger partial charge on any atom is -0.388 e. The molecule has 4 nitrogen and oxygen atoms in total. The molecular weight excluding hydrogens is 388 g/mol.